The van der Waals surface area contributed by atoms with Crippen molar-refractivity contribution in [3.8, 4) is 5.69 Å². The van der Waals surface area contributed by atoms with E-state index < -0.39 is 0 Å². The number of carbonyl (C=O) groups excluding carboxylic acids is 1. The van der Waals surface area contributed by atoms with Crippen molar-refractivity contribution in [3.05, 3.63) is 35.9 Å². The summed E-state index contributed by atoms with van der Waals surface area (Å²) in [4.78, 5) is 18.4. The molecule has 1 aliphatic heterocycles. The van der Waals surface area contributed by atoms with Crippen LogP contribution in [-0.2, 0) is 4.79 Å². The first-order valence-corrected chi connectivity index (χ1v) is 7.92. The molecule has 2 heterocycles. The van der Waals surface area contributed by atoms with Crippen LogP contribution in [0, 0.1) is 0 Å². The monoisotopic (exact) mass is 370 g/mol. The summed E-state index contributed by atoms with van der Waals surface area (Å²) in [6, 6.07) is 5.51. The SMILES string of the molecule is Cl.NC1CCN(CC(=O)Nc2cc(Cl)ccc2-n2cncn2)CC1. The van der Waals surface area contributed by atoms with Crippen LogP contribution in [-0.4, -0.2) is 51.2 Å². The lowest BCUT2D eigenvalue weighted by molar-refractivity contribution is -0.117. The molecule has 0 spiro atoms. The van der Waals surface area contributed by atoms with E-state index in [-0.39, 0.29) is 24.4 Å². The first kappa shape index (κ1) is 18.7. The Hall–Kier alpha value is -1.67. The van der Waals surface area contributed by atoms with E-state index in [4.69, 9.17) is 17.3 Å². The van der Waals surface area contributed by atoms with E-state index in [1.807, 2.05) is 0 Å². The van der Waals surface area contributed by atoms with Crippen LogP contribution >= 0.6 is 24.0 Å². The molecule has 3 N–H and O–H groups in total. The lowest BCUT2D eigenvalue weighted by Gasteiger charge is -2.29. The molecule has 1 amide bonds. The molecular formula is C15H20Cl2N6O. The largest absolute Gasteiger partial charge is 0.328 e. The quantitative estimate of drug-likeness (QED) is 0.854. The van der Waals surface area contributed by atoms with Gasteiger partial charge in [-0.3, -0.25) is 9.69 Å². The van der Waals surface area contributed by atoms with Gasteiger partial charge >= 0.3 is 0 Å². The van der Waals surface area contributed by atoms with Crippen molar-refractivity contribution in [1.82, 2.24) is 19.7 Å². The van der Waals surface area contributed by atoms with E-state index in [2.05, 4.69) is 20.3 Å². The number of benzene rings is 1. The van der Waals surface area contributed by atoms with Crippen LogP contribution < -0.4 is 11.1 Å². The smallest absolute Gasteiger partial charge is 0.238 e. The zero-order valence-electron chi connectivity index (χ0n) is 13.1. The number of likely N-dealkylation sites (tertiary alicyclic amines) is 1. The predicted molar refractivity (Wildman–Crippen MR) is 95.9 cm³/mol. The maximum atomic E-state index is 12.3. The van der Waals surface area contributed by atoms with E-state index >= 15 is 0 Å². The third-order valence-electron chi connectivity index (χ3n) is 3.90. The molecule has 9 heteroatoms. The van der Waals surface area contributed by atoms with Crippen molar-refractivity contribution in [2.75, 3.05) is 25.0 Å². The van der Waals surface area contributed by atoms with Gasteiger partial charge in [-0.15, -0.1) is 12.4 Å². The molecule has 2 aromatic rings. The minimum atomic E-state index is -0.0795. The van der Waals surface area contributed by atoms with Crippen LogP contribution in [0.5, 0.6) is 0 Å². The topological polar surface area (TPSA) is 89.1 Å². The highest BCUT2D eigenvalue weighted by atomic mass is 35.5. The summed E-state index contributed by atoms with van der Waals surface area (Å²) in [6.45, 7) is 2.04. The third kappa shape index (κ3) is 4.67. The fourth-order valence-electron chi connectivity index (χ4n) is 2.64. The fourth-order valence-corrected chi connectivity index (χ4v) is 2.82. The number of anilines is 1. The Morgan fingerprint density at radius 2 is 2.12 bits per heavy atom. The average molecular weight is 371 g/mol. The Kier molecular flexibility index (Phi) is 6.56. The molecule has 0 aliphatic carbocycles. The van der Waals surface area contributed by atoms with Crippen molar-refractivity contribution >= 4 is 35.6 Å². The molecule has 1 aromatic heterocycles. The van der Waals surface area contributed by atoms with E-state index in [9.17, 15) is 4.79 Å². The van der Waals surface area contributed by atoms with Gasteiger partial charge in [0.25, 0.3) is 0 Å². The Balaban J connectivity index is 0.00000208. The molecule has 1 fully saturated rings. The van der Waals surface area contributed by atoms with Gasteiger partial charge in [-0.05, 0) is 31.0 Å². The normalized spacial score (nSPS) is 15.8. The van der Waals surface area contributed by atoms with Crippen LogP contribution in [0.3, 0.4) is 0 Å². The highest BCUT2D eigenvalue weighted by molar-refractivity contribution is 6.31. The maximum Gasteiger partial charge on any atom is 0.238 e. The molecule has 24 heavy (non-hydrogen) atoms. The fraction of sp³-hybridized carbons (Fsp3) is 0.400. The van der Waals surface area contributed by atoms with Gasteiger partial charge in [0.1, 0.15) is 12.7 Å². The summed E-state index contributed by atoms with van der Waals surface area (Å²) in [5, 5.41) is 7.56. The number of amides is 1. The number of nitrogens with zero attached hydrogens (tertiary/aromatic N) is 4. The van der Waals surface area contributed by atoms with Gasteiger partial charge in [-0.2, -0.15) is 5.10 Å². The Labute approximate surface area is 151 Å². The van der Waals surface area contributed by atoms with Crippen LogP contribution in [0.4, 0.5) is 5.69 Å². The summed E-state index contributed by atoms with van der Waals surface area (Å²) in [5.74, 6) is -0.0795. The molecule has 0 radical (unpaired) electrons. The van der Waals surface area contributed by atoms with Gasteiger partial charge in [0, 0.05) is 24.2 Å². The highest BCUT2D eigenvalue weighted by Crippen LogP contribution is 2.24. The van der Waals surface area contributed by atoms with Crippen LogP contribution in [0.1, 0.15) is 12.8 Å². The van der Waals surface area contributed by atoms with Crippen molar-refractivity contribution in [1.29, 1.82) is 0 Å². The van der Waals surface area contributed by atoms with Crippen molar-refractivity contribution < 1.29 is 4.79 Å². The van der Waals surface area contributed by atoms with E-state index in [0.717, 1.165) is 31.6 Å². The summed E-state index contributed by atoms with van der Waals surface area (Å²) >= 11 is 6.05. The number of halogens is 2. The molecule has 1 saturated heterocycles. The number of piperidine rings is 1. The van der Waals surface area contributed by atoms with Crippen molar-refractivity contribution in [2.24, 2.45) is 5.73 Å². The Morgan fingerprint density at radius 1 is 1.38 bits per heavy atom. The number of hydrogen-bond donors (Lipinski definition) is 2. The number of rotatable bonds is 4. The predicted octanol–water partition coefficient (Wildman–Crippen LogP) is 1.70. The van der Waals surface area contributed by atoms with Gasteiger partial charge in [-0.1, -0.05) is 11.6 Å². The van der Waals surface area contributed by atoms with Gasteiger partial charge < -0.3 is 11.1 Å². The van der Waals surface area contributed by atoms with Gasteiger partial charge in [-0.25, -0.2) is 9.67 Å². The molecule has 0 bridgehead atoms. The average Bonchev–Trinajstić information content (AvgIpc) is 3.04. The van der Waals surface area contributed by atoms with Gasteiger partial charge in [0.15, 0.2) is 0 Å². The highest BCUT2D eigenvalue weighted by Gasteiger charge is 2.19. The summed E-state index contributed by atoms with van der Waals surface area (Å²) in [7, 11) is 0. The van der Waals surface area contributed by atoms with E-state index in [0.29, 0.717) is 17.3 Å². The summed E-state index contributed by atoms with van der Waals surface area (Å²) in [6.07, 6.45) is 4.87. The van der Waals surface area contributed by atoms with Gasteiger partial charge in [0.2, 0.25) is 5.91 Å². The molecule has 0 atom stereocenters. The second-order valence-corrected chi connectivity index (χ2v) is 6.10. The molecule has 7 nitrogen and oxygen atoms in total. The number of aromatic nitrogens is 3. The van der Waals surface area contributed by atoms with Crippen LogP contribution in [0.25, 0.3) is 5.69 Å². The molecule has 1 aliphatic rings. The van der Waals surface area contributed by atoms with Crippen LogP contribution in [0.15, 0.2) is 30.9 Å². The minimum Gasteiger partial charge on any atom is -0.328 e. The Bertz CT molecular complexity index is 671. The second kappa shape index (κ2) is 8.43. The number of nitrogens with one attached hydrogen (secondary N) is 1. The molecule has 130 valence electrons. The maximum absolute atomic E-state index is 12.3. The summed E-state index contributed by atoms with van der Waals surface area (Å²) in [5.41, 5.74) is 7.22. The molecule has 0 saturated carbocycles. The molecular weight excluding hydrogens is 351 g/mol. The molecule has 0 unspecified atom stereocenters. The second-order valence-electron chi connectivity index (χ2n) is 5.66. The van der Waals surface area contributed by atoms with E-state index in [1.165, 1.54) is 6.33 Å². The first-order valence-electron chi connectivity index (χ1n) is 7.54. The molecule has 3 rings (SSSR count). The lowest BCUT2D eigenvalue weighted by Crippen LogP contribution is -2.43. The number of nitrogens with two attached hydrogens (primary N) is 1. The Morgan fingerprint density at radius 3 is 2.79 bits per heavy atom. The third-order valence-corrected chi connectivity index (χ3v) is 4.13. The van der Waals surface area contributed by atoms with Gasteiger partial charge in [0.05, 0.1) is 17.9 Å². The first-order chi connectivity index (χ1) is 11.1. The van der Waals surface area contributed by atoms with Crippen molar-refractivity contribution in [3.63, 3.8) is 0 Å². The van der Waals surface area contributed by atoms with Crippen LogP contribution in [0.2, 0.25) is 5.02 Å². The van der Waals surface area contributed by atoms with E-state index in [1.54, 1.807) is 29.2 Å². The zero-order valence-corrected chi connectivity index (χ0v) is 14.6. The lowest BCUT2D eigenvalue weighted by atomic mass is 10.1. The summed E-state index contributed by atoms with van der Waals surface area (Å²) < 4.78 is 1.59. The molecule has 1 aromatic carbocycles. The van der Waals surface area contributed by atoms with Crippen molar-refractivity contribution in [2.45, 2.75) is 18.9 Å². The number of hydrogen-bond acceptors (Lipinski definition) is 5. The standard InChI is InChI=1S/C15H19ClN6O.ClH/c16-11-1-2-14(22-10-18-9-19-22)13(7-11)20-15(23)8-21-5-3-12(17)4-6-21;/h1-2,7,9-10,12H,3-6,8,17H2,(H,20,23);1H. The zero-order chi connectivity index (χ0) is 16.2. The minimum absolute atomic E-state index is 0. The number of carbonyl (C=O) groups is 1.